The topological polar surface area (TPSA) is 26.0 Å². The number of nitrogen functional groups attached to an aromatic ring is 1. The van der Waals surface area contributed by atoms with Crippen LogP contribution in [0.15, 0.2) is 24.3 Å². The zero-order valence-electron chi connectivity index (χ0n) is 8.54. The van der Waals surface area contributed by atoms with Crippen molar-refractivity contribution < 1.29 is 0 Å². The summed E-state index contributed by atoms with van der Waals surface area (Å²) in [6.07, 6.45) is 4.10. The molecule has 0 aromatic heterocycles. The van der Waals surface area contributed by atoms with Gasteiger partial charge in [0.2, 0.25) is 0 Å². The highest BCUT2D eigenvalue weighted by molar-refractivity contribution is 5.68. The maximum Gasteiger partial charge on any atom is 0.0390 e. The van der Waals surface area contributed by atoms with Crippen LogP contribution < -0.4 is 5.73 Å². The molecule has 0 heterocycles. The molecule has 1 rings (SSSR count). The average Bonchev–Trinajstić information content (AvgIpc) is 2.08. The molecule has 0 atom stereocenters. The molecule has 2 N–H and O–H groups in total. The Bertz CT molecular complexity index is 311. The largest absolute Gasteiger partial charge is 0.398 e. The van der Waals surface area contributed by atoms with E-state index in [0.717, 1.165) is 5.69 Å². The second-order valence-electron chi connectivity index (χ2n) is 3.50. The van der Waals surface area contributed by atoms with Crippen molar-refractivity contribution >= 4 is 11.8 Å². The van der Waals surface area contributed by atoms with Crippen molar-refractivity contribution in [1.82, 2.24) is 0 Å². The molecule has 1 nitrogen and oxygen atoms in total. The standard InChI is InChI=1S/C12H17N/c1-4-6-11-10(9(2)3)7-5-8-12(11)13/h4-9H,13H2,1-3H3/b6-4+. The van der Waals surface area contributed by atoms with E-state index in [9.17, 15) is 0 Å². The summed E-state index contributed by atoms with van der Waals surface area (Å²) in [7, 11) is 0. The van der Waals surface area contributed by atoms with Crippen molar-refractivity contribution in [2.24, 2.45) is 0 Å². The monoisotopic (exact) mass is 175 g/mol. The smallest absolute Gasteiger partial charge is 0.0390 e. The molecule has 0 amide bonds. The van der Waals surface area contributed by atoms with Crippen molar-refractivity contribution in [1.29, 1.82) is 0 Å². The van der Waals surface area contributed by atoms with Gasteiger partial charge in [-0.1, -0.05) is 38.1 Å². The lowest BCUT2D eigenvalue weighted by Crippen LogP contribution is -1.96. The van der Waals surface area contributed by atoms with Gasteiger partial charge >= 0.3 is 0 Å². The van der Waals surface area contributed by atoms with Crippen LogP contribution in [-0.4, -0.2) is 0 Å². The minimum Gasteiger partial charge on any atom is -0.398 e. The molecule has 0 spiro atoms. The fourth-order valence-corrected chi connectivity index (χ4v) is 1.46. The molecule has 13 heavy (non-hydrogen) atoms. The van der Waals surface area contributed by atoms with Gasteiger partial charge in [0, 0.05) is 11.3 Å². The van der Waals surface area contributed by atoms with Crippen LogP contribution in [0, 0.1) is 0 Å². The zero-order valence-corrected chi connectivity index (χ0v) is 8.54. The summed E-state index contributed by atoms with van der Waals surface area (Å²) in [6, 6.07) is 6.09. The Balaban J connectivity index is 3.25. The Morgan fingerprint density at radius 2 is 2.00 bits per heavy atom. The van der Waals surface area contributed by atoms with Crippen LogP contribution in [0.1, 0.15) is 37.8 Å². The maximum atomic E-state index is 5.89. The summed E-state index contributed by atoms with van der Waals surface area (Å²) < 4.78 is 0. The lowest BCUT2D eigenvalue weighted by atomic mass is 9.96. The molecule has 0 saturated carbocycles. The molecule has 0 bridgehead atoms. The Kier molecular flexibility index (Phi) is 3.13. The number of anilines is 1. The molecule has 0 radical (unpaired) electrons. The number of hydrogen-bond donors (Lipinski definition) is 1. The highest BCUT2D eigenvalue weighted by Gasteiger charge is 2.05. The second-order valence-corrected chi connectivity index (χ2v) is 3.50. The summed E-state index contributed by atoms with van der Waals surface area (Å²) in [4.78, 5) is 0. The van der Waals surface area contributed by atoms with Gasteiger partial charge in [-0.05, 0) is 24.5 Å². The van der Waals surface area contributed by atoms with Crippen LogP contribution in [0.4, 0.5) is 5.69 Å². The van der Waals surface area contributed by atoms with Crippen molar-refractivity contribution in [3.63, 3.8) is 0 Å². The lowest BCUT2D eigenvalue weighted by molar-refractivity contribution is 0.864. The lowest BCUT2D eigenvalue weighted by Gasteiger charge is -2.11. The Hall–Kier alpha value is -1.24. The van der Waals surface area contributed by atoms with Gasteiger partial charge in [0.1, 0.15) is 0 Å². The van der Waals surface area contributed by atoms with Crippen molar-refractivity contribution in [3.8, 4) is 0 Å². The molecular formula is C12H17N. The molecule has 0 aliphatic heterocycles. The molecule has 1 aromatic rings. The Labute approximate surface area is 80.3 Å². The van der Waals surface area contributed by atoms with Gasteiger partial charge in [0.05, 0.1) is 0 Å². The second kappa shape index (κ2) is 4.13. The minimum atomic E-state index is 0.523. The van der Waals surface area contributed by atoms with Crippen LogP contribution in [0.2, 0.25) is 0 Å². The predicted octanol–water partition coefficient (Wildman–Crippen LogP) is 3.43. The number of rotatable bonds is 2. The zero-order chi connectivity index (χ0) is 9.84. The normalized spacial score (nSPS) is 11.4. The van der Waals surface area contributed by atoms with Gasteiger partial charge in [-0.25, -0.2) is 0 Å². The first-order valence-electron chi connectivity index (χ1n) is 4.68. The van der Waals surface area contributed by atoms with Crippen LogP contribution in [0.3, 0.4) is 0 Å². The van der Waals surface area contributed by atoms with Gasteiger partial charge in [-0.15, -0.1) is 0 Å². The van der Waals surface area contributed by atoms with E-state index in [-0.39, 0.29) is 0 Å². The summed E-state index contributed by atoms with van der Waals surface area (Å²) in [5.41, 5.74) is 9.24. The first-order valence-corrected chi connectivity index (χ1v) is 4.68. The molecule has 1 heteroatoms. The van der Waals surface area contributed by atoms with E-state index in [0.29, 0.717) is 5.92 Å². The van der Waals surface area contributed by atoms with Crippen molar-refractivity contribution in [2.75, 3.05) is 5.73 Å². The molecule has 0 aliphatic carbocycles. The third kappa shape index (κ3) is 2.11. The van der Waals surface area contributed by atoms with Crippen LogP contribution >= 0.6 is 0 Å². The highest BCUT2D eigenvalue weighted by atomic mass is 14.6. The van der Waals surface area contributed by atoms with Gasteiger partial charge < -0.3 is 5.73 Å². The van der Waals surface area contributed by atoms with Gasteiger partial charge in [-0.2, -0.15) is 0 Å². The summed E-state index contributed by atoms with van der Waals surface area (Å²) >= 11 is 0. The molecule has 0 fully saturated rings. The fourth-order valence-electron chi connectivity index (χ4n) is 1.46. The van der Waals surface area contributed by atoms with E-state index < -0.39 is 0 Å². The van der Waals surface area contributed by atoms with E-state index in [1.54, 1.807) is 0 Å². The van der Waals surface area contributed by atoms with Gasteiger partial charge in [-0.3, -0.25) is 0 Å². The minimum absolute atomic E-state index is 0.523. The SMILES string of the molecule is C/C=C/c1c(N)cccc1C(C)C. The summed E-state index contributed by atoms with van der Waals surface area (Å²) in [6.45, 7) is 6.38. The quantitative estimate of drug-likeness (QED) is 0.685. The van der Waals surface area contributed by atoms with E-state index in [1.807, 2.05) is 25.1 Å². The Morgan fingerprint density at radius 3 is 2.54 bits per heavy atom. The van der Waals surface area contributed by atoms with E-state index in [4.69, 9.17) is 5.73 Å². The van der Waals surface area contributed by atoms with E-state index in [2.05, 4.69) is 26.0 Å². The average molecular weight is 175 g/mol. The molecule has 0 saturated heterocycles. The van der Waals surface area contributed by atoms with Crippen LogP contribution in [0.5, 0.6) is 0 Å². The highest BCUT2D eigenvalue weighted by Crippen LogP contribution is 2.25. The molecule has 70 valence electrons. The molecule has 0 unspecified atom stereocenters. The summed E-state index contributed by atoms with van der Waals surface area (Å²) in [5.74, 6) is 0.523. The number of allylic oxidation sites excluding steroid dienone is 1. The molecule has 1 aromatic carbocycles. The third-order valence-corrected chi connectivity index (χ3v) is 2.13. The van der Waals surface area contributed by atoms with E-state index in [1.165, 1.54) is 11.1 Å². The van der Waals surface area contributed by atoms with Crippen molar-refractivity contribution in [2.45, 2.75) is 26.7 Å². The van der Waals surface area contributed by atoms with Gasteiger partial charge in [0.15, 0.2) is 0 Å². The van der Waals surface area contributed by atoms with E-state index >= 15 is 0 Å². The van der Waals surface area contributed by atoms with Crippen LogP contribution in [-0.2, 0) is 0 Å². The molecular weight excluding hydrogens is 158 g/mol. The first-order chi connectivity index (χ1) is 6.16. The number of hydrogen-bond acceptors (Lipinski definition) is 1. The van der Waals surface area contributed by atoms with Crippen molar-refractivity contribution in [3.05, 3.63) is 35.4 Å². The Morgan fingerprint density at radius 1 is 1.31 bits per heavy atom. The maximum absolute atomic E-state index is 5.89. The van der Waals surface area contributed by atoms with Gasteiger partial charge in [0.25, 0.3) is 0 Å². The summed E-state index contributed by atoms with van der Waals surface area (Å²) in [5, 5.41) is 0. The number of nitrogens with two attached hydrogens (primary N) is 1. The first kappa shape index (κ1) is 9.85. The third-order valence-electron chi connectivity index (χ3n) is 2.13. The van der Waals surface area contributed by atoms with Crippen LogP contribution in [0.25, 0.3) is 6.08 Å². The molecule has 0 aliphatic rings. The number of benzene rings is 1. The fraction of sp³-hybridized carbons (Fsp3) is 0.333. The predicted molar refractivity (Wildman–Crippen MR) is 59.7 cm³/mol.